The summed E-state index contributed by atoms with van der Waals surface area (Å²) >= 11 is 0. The molecule has 7 rings (SSSR count). The van der Waals surface area contributed by atoms with E-state index in [4.69, 9.17) is 28.4 Å². The Morgan fingerprint density at radius 1 is 0.800 bits per heavy atom. The molecule has 0 bridgehead atoms. The van der Waals surface area contributed by atoms with Crippen molar-refractivity contribution in [1.29, 1.82) is 0 Å². The molecular weight excluding hydrogens is 564 g/mol. The summed E-state index contributed by atoms with van der Waals surface area (Å²) in [6.45, 7) is 21.0. The monoisotopic (exact) mass is 628 g/mol. The van der Waals surface area contributed by atoms with E-state index in [0.29, 0.717) is 17.4 Å². The lowest BCUT2D eigenvalue weighted by molar-refractivity contribution is -0.246. The first-order chi connectivity index (χ1) is 21.2. The molecule has 0 spiro atoms. The normalized spacial score (nSPS) is 48.6. The van der Waals surface area contributed by atoms with Crippen molar-refractivity contribution in [3.05, 3.63) is 11.6 Å². The molecule has 0 unspecified atom stereocenters. The molecule has 6 heteroatoms. The highest BCUT2D eigenvalue weighted by atomic mass is 16.9. The Morgan fingerprint density at radius 2 is 1.53 bits per heavy atom. The summed E-state index contributed by atoms with van der Waals surface area (Å²) in [5.74, 6) is 3.84. The molecular formula is C39H64O6. The first kappa shape index (κ1) is 33.0. The van der Waals surface area contributed by atoms with Crippen molar-refractivity contribution in [2.75, 3.05) is 6.61 Å². The smallest absolute Gasteiger partial charge is 0.190 e. The van der Waals surface area contributed by atoms with Crippen molar-refractivity contribution < 1.29 is 28.4 Å². The molecule has 0 aromatic heterocycles. The van der Waals surface area contributed by atoms with Gasteiger partial charge in [-0.3, -0.25) is 0 Å². The van der Waals surface area contributed by atoms with Crippen LogP contribution in [0.4, 0.5) is 0 Å². The SMILES string of the molecule is CC(C)CCC[C@@H](C)[C@H]1CC[C@H]2[C@@H]3CC=C4C[C@@H](OC[C@H]5O[C@@H]6OC(C)(C)O[C@@H]6[C@H]6OC(C)(C)O[C@H]65)CC[C@]4(C)[C@H]3CC[C@]12C. The van der Waals surface area contributed by atoms with E-state index < -0.39 is 17.9 Å². The Hall–Kier alpha value is -0.500. The number of fused-ring (bicyclic) bond motifs is 8. The van der Waals surface area contributed by atoms with Crippen molar-refractivity contribution in [1.82, 2.24) is 0 Å². The highest BCUT2D eigenvalue weighted by Gasteiger charge is 2.62. The molecule has 3 saturated heterocycles. The van der Waals surface area contributed by atoms with Gasteiger partial charge in [0.2, 0.25) is 0 Å². The molecule has 3 saturated carbocycles. The number of ether oxygens (including phenoxy) is 6. The average molecular weight is 629 g/mol. The van der Waals surface area contributed by atoms with E-state index in [-0.39, 0.29) is 30.5 Å². The van der Waals surface area contributed by atoms with Gasteiger partial charge in [0.05, 0.1) is 12.7 Å². The summed E-state index contributed by atoms with van der Waals surface area (Å²) in [5, 5.41) is 0. The number of rotatable bonds is 8. The van der Waals surface area contributed by atoms with Crippen LogP contribution in [0.2, 0.25) is 0 Å². The summed E-state index contributed by atoms with van der Waals surface area (Å²) in [6.07, 6.45) is 16.1. The van der Waals surface area contributed by atoms with Crippen LogP contribution in [0, 0.1) is 46.3 Å². The molecule has 3 heterocycles. The van der Waals surface area contributed by atoms with Gasteiger partial charge in [0.15, 0.2) is 17.9 Å². The van der Waals surface area contributed by atoms with Crippen LogP contribution in [0.3, 0.4) is 0 Å². The summed E-state index contributed by atoms with van der Waals surface area (Å²) < 4.78 is 38.2. The van der Waals surface area contributed by atoms with Crippen LogP contribution < -0.4 is 0 Å². The van der Waals surface area contributed by atoms with Crippen LogP contribution in [0.5, 0.6) is 0 Å². The van der Waals surface area contributed by atoms with Crippen LogP contribution in [0.1, 0.15) is 133 Å². The standard InChI is InChI=1S/C39H64O6/c1-23(2)11-10-12-24(3)28-15-16-29-27-14-13-25-21-26(17-19-38(25,8)30(27)18-20-39(28,29)9)40-22-31-32-33(43-36(4,5)42-32)34-35(41-31)45-37(6,7)44-34/h13,23-24,26-35H,10-12,14-22H2,1-9H3/t24-,26+,27+,28-,29+,30+,31-,32+,33+,34-,35-,38+,39-/m1/s1. The van der Waals surface area contributed by atoms with E-state index in [1.165, 1.54) is 57.8 Å². The minimum absolute atomic E-state index is 0.225. The lowest BCUT2D eigenvalue weighted by Crippen LogP contribution is -2.56. The maximum Gasteiger partial charge on any atom is 0.190 e. The Morgan fingerprint density at radius 3 is 2.31 bits per heavy atom. The topological polar surface area (TPSA) is 55.4 Å². The first-order valence-electron chi connectivity index (χ1n) is 18.9. The molecule has 0 aromatic carbocycles. The van der Waals surface area contributed by atoms with E-state index in [0.717, 1.165) is 48.3 Å². The van der Waals surface area contributed by atoms with Crippen molar-refractivity contribution in [3.63, 3.8) is 0 Å². The van der Waals surface area contributed by atoms with Crippen molar-refractivity contribution in [2.24, 2.45) is 46.3 Å². The average Bonchev–Trinajstić information content (AvgIpc) is 3.59. The van der Waals surface area contributed by atoms with Crippen molar-refractivity contribution in [3.8, 4) is 0 Å². The maximum absolute atomic E-state index is 6.70. The first-order valence-corrected chi connectivity index (χ1v) is 18.9. The van der Waals surface area contributed by atoms with Gasteiger partial charge in [0.1, 0.15) is 24.4 Å². The fourth-order valence-corrected chi connectivity index (χ4v) is 11.9. The number of allylic oxidation sites excluding steroid dienone is 1. The Kier molecular flexibility index (Phi) is 8.68. The molecule has 3 aliphatic heterocycles. The van der Waals surface area contributed by atoms with Crippen molar-refractivity contribution in [2.45, 2.75) is 181 Å². The summed E-state index contributed by atoms with van der Waals surface area (Å²) in [4.78, 5) is 0. The molecule has 0 radical (unpaired) electrons. The van der Waals surface area contributed by atoms with Gasteiger partial charge in [0.25, 0.3) is 0 Å². The minimum atomic E-state index is -0.702. The quantitative estimate of drug-likeness (QED) is 0.251. The largest absolute Gasteiger partial charge is 0.375 e. The third-order valence-corrected chi connectivity index (χ3v) is 14.0. The van der Waals surface area contributed by atoms with Gasteiger partial charge in [-0.05, 0) is 125 Å². The van der Waals surface area contributed by atoms with E-state index in [2.05, 4.69) is 40.7 Å². The van der Waals surface area contributed by atoms with Crippen molar-refractivity contribution >= 4 is 0 Å². The lowest BCUT2D eigenvalue weighted by atomic mass is 9.47. The fourth-order valence-electron chi connectivity index (χ4n) is 11.9. The second-order valence-electron chi connectivity index (χ2n) is 18.2. The molecule has 4 aliphatic carbocycles. The third kappa shape index (κ3) is 5.92. The molecule has 0 amide bonds. The minimum Gasteiger partial charge on any atom is -0.375 e. The zero-order valence-corrected chi connectivity index (χ0v) is 29.9. The Balaban J connectivity index is 0.985. The number of hydrogen-bond acceptors (Lipinski definition) is 6. The fraction of sp³-hybridized carbons (Fsp3) is 0.949. The molecule has 13 atom stereocenters. The van der Waals surface area contributed by atoms with E-state index in [1.54, 1.807) is 5.57 Å². The van der Waals surface area contributed by atoms with Gasteiger partial charge in [-0.15, -0.1) is 0 Å². The molecule has 0 aromatic rings. The van der Waals surface area contributed by atoms with E-state index in [9.17, 15) is 0 Å². The zero-order chi connectivity index (χ0) is 31.9. The predicted octanol–water partition coefficient (Wildman–Crippen LogP) is 8.81. The van der Waals surface area contributed by atoms with Crippen LogP contribution in [0.25, 0.3) is 0 Å². The highest BCUT2D eigenvalue weighted by molar-refractivity contribution is 5.25. The summed E-state index contributed by atoms with van der Waals surface area (Å²) in [5.41, 5.74) is 2.55. The van der Waals surface area contributed by atoms with Crippen LogP contribution in [0.15, 0.2) is 11.6 Å². The highest BCUT2D eigenvalue weighted by Crippen LogP contribution is 2.67. The van der Waals surface area contributed by atoms with Crippen LogP contribution >= 0.6 is 0 Å². The van der Waals surface area contributed by atoms with Crippen LogP contribution in [-0.4, -0.2) is 55.0 Å². The molecule has 45 heavy (non-hydrogen) atoms. The molecule has 7 aliphatic rings. The van der Waals surface area contributed by atoms with Gasteiger partial charge in [-0.25, -0.2) is 0 Å². The molecule has 0 N–H and O–H groups in total. The molecule has 6 fully saturated rings. The Labute approximate surface area is 274 Å². The maximum atomic E-state index is 6.70. The van der Waals surface area contributed by atoms with Gasteiger partial charge in [-0.2, -0.15) is 0 Å². The second-order valence-corrected chi connectivity index (χ2v) is 18.2. The van der Waals surface area contributed by atoms with Gasteiger partial charge in [0, 0.05) is 0 Å². The Bertz CT molecular complexity index is 1110. The molecule has 6 nitrogen and oxygen atoms in total. The summed E-state index contributed by atoms with van der Waals surface area (Å²) in [7, 11) is 0. The van der Waals surface area contributed by atoms with E-state index >= 15 is 0 Å². The summed E-state index contributed by atoms with van der Waals surface area (Å²) in [6, 6.07) is 0. The van der Waals surface area contributed by atoms with E-state index in [1.807, 2.05) is 27.7 Å². The van der Waals surface area contributed by atoms with Crippen LogP contribution in [-0.2, 0) is 28.4 Å². The third-order valence-electron chi connectivity index (χ3n) is 14.0. The van der Waals surface area contributed by atoms with Gasteiger partial charge >= 0.3 is 0 Å². The second kappa shape index (κ2) is 11.8. The van der Waals surface area contributed by atoms with Gasteiger partial charge < -0.3 is 28.4 Å². The number of hydrogen-bond donors (Lipinski definition) is 0. The zero-order valence-electron chi connectivity index (χ0n) is 29.9. The lowest BCUT2D eigenvalue weighted by Gasteiger charge is -2.58. The predicted molar refractivity (Wildman–Crippen MR) is 175 cm³/mol. The van der Waals surface area contributed by atoms with Gasteiger partial charge in [-0.1, -0.05) is 65.5 Å². The molecule has 256 valence electrons.